The van der Waals surface area contributed by atoms with E-state index in [0.717, 1.165) is 0 Å². The number of carbonyl (C=O) groups is 1. The van der Waals surface area contributed by atoms with Crippen LogP contribution in [-0.2, 0) is 4.79 Å². The first-order chi connectivity index (χ1) is 7.77. The summed E-state index contributed by atoms with van der Waals surface area (Å²) in [5.74, 6) is -0.342. The van der Waals surface area contributed by atoms with E-state index in [4.69, 9.17) is 40.5 Å². The molecule has 0 aliphatic carbocycles. The van der Waals surface area contributed by atoms with Crippen LogP contribution in [0.1, 0.15) is 20.3 Å². The van der Waals surface area contributed by atoms with Crippen molar-refractivity contribution < 1.29 is 4.79 Å². The summed E-state index contributed by atoms with van der Waals surface area (Å²) in [5.41, 5.74) is 5.17. The molecule has 1 atom stereocenters. The number of rotatable bonds is 3. The van der Waals surface area contributed by atoms with Crippen LogP contribution in [0, 0.1) is 0 Å². The molecule has 1 aromatic rings. The van der Waals surface area contributed by atoms with Gasteiger partial charge in [-0.1, -0.05) is 41.7 Å². The van der Waals surface area contributed by atoms with Gasteiger partial charge in [-0.25, -0.2) is 0 Å². The average Bonchev–Trinajstić information content (AvgIpc) is 2.22. The summed E-state index contributed by atoms with van der Waals surface area (Å²) in [6.45, 7) is 3.46. The highest BCUT2D eigenvalue weighted by Gasteiger charge is 2.27. The second-order valence-corrected chi connectivity index (χ2v) is 5.22. The topological polar surface area (TPSA) is 55.1 Å². The Morgan fingerprint density at radius 3 is 2.24 bits per heavy atom. The van der Waals surface area contributed by atoms with E-state index in [1.165, 1.54) is 12.1 Å². The standard InChI is InChI=1S/C11H13Cl3N2O/c1-3-11(2,15)10(17)16-9-7(13)4-6(12)5-8(9)14/h4-5H,3,15H2,1-2H3,(H,16,17). The Hall–Kier alpha value is -0.480. The number of halogens is 3. The fraction of sp³-hybridized carbons (Fsp3) is 0.364. The lowest BCUT2D eigenvalue weighted by Gasteiger charge is -2.22. The lowest BCUT2D eigenvalue weighted by Crippen LogP contribution is -2.47. The molecule has 3 N–H and O–H groups in total. The van der Waals surface area contributed by atoms with Gasteiger partial charge in [-0.15, -0.1) is 0 Å². The van der Waals surface area contributed by atoms with Gasteiger partial charge in [0.25, 0.3) is 0 Å². The van der Waals surface area contributed by atoms with Crippen LogP contribution in [0.15, 0.2) is 12.1 Å². The number of carbonyl (C=O) groups excluding carboxylic acids is 1. The molecule has 0 radical (unpaired) electrons. The first kappa shape index (κ1) is 14.6. The van der Waals surface area contributed by atoms with E-state index in [0.29, 0.717) is 17.1 Å². The maximum absolute atomic E-state index is 11.9. The second kappa shape index (κ2) is 5.44. The van der Waals surface area contributed by atoms with E-state index in [-0.39, 0.29) is 16.0 Å². The normalized spacial score (nSPS) is 14.2. The monoisotopic (exact) mass is 294 g/mol. The maximum atomic E-state index is 11.9. The molecule has 1 aromatic carbocycles. The molecule has 0 saturated carbocycles. The minimum Gasteiger partial charge on any atom is -0.322 e. The van der Waals surface area contributed by atoms with Crippen molar-refractivity contribution in [2.24, 2.45) is 5.73 Å². The Morgan fingerprint density at radius 2 is 1.82 bits per heavy atom. The number of nitrogens with two attached hydrogens (primary N) is 1. The molecular formula is C11H13Cl3N2O. The van der Waals surface area contributed by atoms with Crippen molar-refractivity contribution in [3.8, 4) is 0 Å². The number of amides is 1. The van der Waals surface area contributed by atoms with Crippen molar-refractivity contribution in [2.45, 2.75) is 25.8 Å². The summed E-state index contributed by atoms with van der Waals surface area (Å²) in [5, 5.41) is 3.58. The van der Waals surface area contributed by atoms with Crippen LogP contribution in [0.2, 0.25) is 15.1 Å². The lowest BCUT2D eigenvalue weighted by molar-refractivity contribution is -0.120. The predicted molar refractivity (Wildman–Crippen MR) is 73.0 cm³/mol. The zero-order valence-electron chi connectivity index (χ0n) is 9.48. The quantitative estimate of drug-likeness (QED) is 0.893. The van der Waals surface area contributed by atoms with Gasteiger partial charge >= 0.3 is 0 Å². The van der Waals surface area contributed by atoms with Gasteiger partial charge in [0, 0.05) is 5.02 Å². The first-order valence-electron chi connectivity index (χ1n) is 5.03. The van der Waals surface area contributed by atoms with E-state index >= 15 is 0 Å². The molecule has 0 fully saturated rings. The van der Waals surface area contributed by atoms with E-state index in [1.54, 1.807) is 6.92 Å². The fourth-order valence-corrected chi connectivity index (χ4v) is 1.99. The van der Waals surface area contributed by atoms with Crippen molar-refractivity contribution in [3.63, 3.8) is 0 Å². The highest BCUT2D eigenvalue weighted by molar-refractivity contribution is 6.42. The minimum absolute atomic E-state index is 0.280. The minimum atomic E-state index is -0.966. The van der Waals surface area contributed by atoms with Crippen LogP contribution in [-0.4, -0.2) is 11.4 Å². The molecule has 17 heavy (non-hydrogen) atoms. The third-order valence-electron chi connectivity index (χ3n) is 2.50. The Balaban J connectivity index is 3.01. The smallest absolute Gasteiger partial charge is 0.244 e. The molecule has 1 unspecified atom stereocenters. The van der Waals surface area contributed by atoms with Gasteiger partial charge in [0.1, 0.15) is 0 Å². The van der Waals surface area contributed by atoms with Crippen LogP contribution < -0.4 is 11.1 Å². The molecular weight excluding hydrogens is 282 g/mol. The Bertz CT molecular complexity index is 423. The summed E-state index contributed by atoms with van der Waals surface area (Å²) >= 11 is 17.7. The second-order valence-electron chi connectivity index (χ2n) is 3.97. The van der Waals surface area contributed by atoms with Crippen molar-refractivity contribution in [2.75, 3.05) is 5.32 Å². The maximum Gasteiger partial charge on any atom is 0.244 e. The Labute approximate surface area is 115 Å². The molecule has 0 heterocycles. The van der Waals surface area contributed by atoms with Gasteiger partial charge in [-0.3, -0.25) is 4.79 Å². The van der Waals surface area contributed by atoms with Gasteiger partial charge in [-0.05, 0) is 25.5 Å². The van der Waals surface area contributed by atoms with Crippen molar-refractivity contribution in [1.82, 2.24) is 0 Å². The molecule has 0 spiro atoms. The van der Waals surface area contributed by atoms with Gasteiger partial charge in [0.2, 0.25) is 5.91 Å². The summed E-state index contributed by atoms with van der Waals surface area (Å²) in [4.78, 5) is 11.9. The molecule has 3 nitrogen and oxygen atoms in total. The third-order valence-corrected chi connectivity index (χ3v) is 3.31. The highest BCUT2D eigenvalue weighted by Crippen LogP contribution is 2.34. The summed E-state index contributed by atoms with van der Waals surface area (Å²) < 4.78 is 0. The largest absolute Gasteiger partial charge is 0.322 e. The Kier molecular flexibility index (Phi) is 4.67. The fourth-order valence-electron chi connectivity index (χ4n) is 1.08. The van der Waals surface area contributed by atoms with Crippen LogP contribution in [0.3, 0.4) is 0 Å². The third kappa shape index (κ3) is 3.49. The summed E-state index contributed by atoms with van der Waals surface area (Å²) in [7, 11) is 0. The zero-order valence-corrected chi connectivity index (χ0v) is 11.7. The Morgan fingerprint density at radius 1 is 1.35 bits per heavy atom. The molecule has 0 aliphatic rings. The number of anilines is 1. The number of hydrogen-bond acceptors (Lipinski definition) is 2. The van der Waals surface area contributed by atoms with Crippen LogP contribution in [0.4, 0.5) is 5.69 Å². The summed E-state index contributed by atoms with van der Waals surface area (Å²) in [6, 6.07) is 3.01. The van der Waals surface area contributed by atoms with E-state index in [2.05, 4.69) is 5.32 Å². The number of hydrogen-bond donors (Lipinski definition) is 2. The van der Waals surface area contributed by atoms with Gasteiger partial charge in [0.05, 0.1) is 21.3 Å². The molecule has 0 aromatic heterocycles. The molecule has 0 aliphatic heterocycles. The lowest BCUT2D eigenvalue weighted by atomic mass is 9.99. The first-order valence-corrected chi connectivity index (χ1v) is 6.16. The van der Waals surface area contributed by atoms with Crippen LogP contribution in [0.25, 0.3) is 0 Å². The molecule has 1 rings (SSSR count). The molecule has 6 heteroatoms. The summed E-state index contributed by atoms with van der Waals surface area (Å²) in [6.07, 6.45) is 0.502. The van der Waals surface area contributed by atoms with Crippen molar-refractivity contribution in [1.29, 1.82) is 0 Å². The van der Waals surface area contributed by atoms with Crippen molar-refractivity contribution >= 4 is 46.4 Å². The van der Waals surface area contributed by atoms with Gasteiger partial charge < -0.3 is 11.1 Å². The van der Waals surface area contributed by atoms with E-state index in [1.807, 2.05) is 6.92 Å². The highest BCUT2D eigenvalue weighted by atomic mass is 35.5. The molecule has 1 amide bonds. The SMILES string of the molecule is CCC(C)(N)C(=O)Nc1c(Cl)cc(Cl)cc1Cl. The number of nitrogens with one attached hydrogen (secondary N) is 1. The van der Waals surface area contributed by atoms with E-state index < -0.39 is 5.54 Å². The van der Waals surface area contributed by atoms with Crippen molar-refractivity contribution in [3.05, 3.63) is 27.2 Å². The molecule has 94 valence electrons. The average molecular weight is 296 g/mol. The van der Waals surface area contributed by atoms with Gasteiger partial charge in [0.15, 0.2) is 0 Å². The van der Waals surface area contributed by atoms with Crippen LogP contribution in [0.5, 0.6) is 0 Å². The number of benzene rings is 1. The zero-order chi connectivity index (χ0) is 13.2. The van der Waals surface area contributed by atoms with Crippen LogP contribution >= 0.6 is 34.8 Å². The molecule has 0 bridgehead atoms. The predicted octanol–water partition coefficient (Wildman–Crippen LogP) is 3.71. The van der Waals surface area contributed by atoms with Gasteiger partial charge in [-0.2, -0.15) is 0 Å². The molecule has 0 saturated heterocycles. The van der Waals surface area contributed by atoms with E-state index in [9.17, 15) is 4.79 Å².